The van der Waals surface area contributed by atoms with E-state index in [1.54, 1.807) is 13.3 Å². The van der Waals surface area contributed by atoms with Gasteiger partial charge in [-0.25, -0.2) is 0 Å². The Hall–Kier alpha value is -2.91. The van der Waals surface area contributed by atoms with Crippen LogP contribution in [0.4, 0.5) is 0 Å². The molecule has 3 aromatic rings. The molecule has 0 atom stereocenters. The number of rotatable bonds is 6. The number of nitrogens with zero attached hydrogens (tertiary/aromatic N) is 6. The Morgan fingerprint density at radius 3 is 2.63 bits per heavy atom. The van der Waals surface area contributed by atoms with Crippen LogP contribution in [0, 0.1) is 0 Å². The van der Waals surface area contributed by atoms with Crippen molar-refractivity contribution in [3.63, 3.8) is 0 Å². The maximum atomic E-state index is 5.92. The third-order valence-corrected chi connectivity index (χ3v) is 5.20. The molecule has 0 radical (unpaired) electrons. The zero-order chi connectivity index (χ0) is 20.8. The van der Waals surface area contributed by atoms with E-state index in [2.05, 4.69) is 35.4 Å². The monoisotopic (exact) mass is 429 g/mol. The fourth-order valence-electron chi connectivity index (χ4n) is 3.35. The topological polar surface area (TPSA) is 95.8 Å². The molecule has 10 heteroatoms. The molecule has 1 saturated heterocycles. The summed E-state index contributed by atoms with van der Waals surface area (Å²) in [6.07, 6.45) is 2.23. The number of hydrogen-bond acceptors (Lipinski definition) is 7. The van der Waals surface area contributed by atoms with Gasteiger partial charge in [-0.1, -0.05) is 21.9 Å². The summed E-state index contributed by atoms with van der Waals surface area (Å²) in [5, 5.41) is 12.1. The Bertz CT molecular complexity index is 948. The second kappa shape index (κ2) is 9.73. The van der Waals surface area contributed by atoms with Crippen molar-refractivity contribution in [1.82, 2.24) is 30.4 Å². The smallest absolute Gasteiger partial charge is 0.228 e. The molecule has 30 heavy (non-hydrogen) atoms. The second-order valence-electron chi connectivity index (χ2n) is 7.00. The Balaban J connectivity index is 1.23. The minimum absolute atomic E-state index is 0.564. The maximum Gasteiger partial charge on any atom is 0.228 e. The van der Waals surface area contributed by atoms with Gasteiger partial charge in [0.15, 0.2) is 5.96 Å². The zero-order valence-corrected chi connectivity index (χ0v) is 17.5. The van der Waals surface area contributed by atoms with Gasteiger partial charge < -0.3 is 19.3 Å². The van der Waals surface area contributed by atoms with Crippen LogP contribution in [0.3, 0.4) is 0 Å². The highest BCUT2D eigenvalue weighted by atomic mass is 35.5. The Morgan fingerprint density at radius 2 is 1.93 bits per heavy atom. The van der Waals surface area contributed by atoms with Crippen molar-refractivity contribution in [2.24, 2.45) is 4.99 Å². The van der Waals surface area contributed by atoms with Crippen molar-refractivity contribution < 1.29 is 9.05 Å². The molecular weight excluding hydrogens is 406 g/mol. The largest absolute Gasteiger partial charge is 0.364 e. The molecule has 1 N–H and O–H groups in total. The van der Waals surface area contributed by atoms with Crippen molar-refractivity contribution in [3.8, 4) is 11.4 Å². The number of hydrogen-bond donors (Lipinski definition) is 1. The highest BCUT2D eigenvalue weighted by Crippen LogP contribution is 2.18. The van der Waals surface area contributed by atoms with E-state index in [-0.39, 0.29) is 0 Å². The van der Waals surface area contributed by atoms with Crippen LogP contribution in [-0.4, -0.2) is 70.8 Å². The molecule has 0 amide bonds. The van der Waals surface area contributed by atoms with Crippen LogP contribution in [0.5, 0.6) is 0 Å². The van der Waals surface area contributed by atoms with Gasteiger partial charge in [0.2, 0.25) is 11.7 Å². The van der Waals surface area contributed by atoms with Gasteiger partial charge in [0.25, 0.3) is 0 Å². The third-order valence-electron chi connectivity index (χ3n) is 4.95. The highest BCUT2D eigenvalue weighted by Gasteiger charge is 2.20. The lowest BCUT2D eigenvalue weighted by Crippen LogP contribution is -2.52. The fourth-order valence-corrected chi connectivity index (χ4v) is 3.48. The van der Waals surface area contributed by atoms with E-state index in [9.17, 15) is 0 Å². The van der Waals surface area contributed by atoms with Gasteiger partial charge in [-0.3, -0.25) is 9.89 Å². The molecule has 0 bridgehead atoms. The van der Waals surface area contributed by atoms with E-state index >= 15 is 0 Å². The molecule has 1 aromatic carbocycles. The number of aromatic nitrogens is 3. The van der Waals surface area contributed by atoms with Gasteiger partial charge in [0.05, 0.1) is 5.69 Å². The number of guanidine groups is 1. The lowest BCUT2D eigenvalue weighted by atomic mass is 10.2. The lowest BCUT2D eigenvalue weighted by Gasteiger charge is -2.36. The predicted octanol–water partition coefficient (Wildman–Crippen LogP) is 2.31. The van der Waals surface area contributed by atoms with E-state index in [0.717, 1.165) is 49.9 Å². The van der Waals surface area contributed by atoms with E-state index < -0.39 is 0 Å². The average molecular weight is 430 g/mol. The molecule has 158 valence electrons. The van der Waals surface area contributed by atoms with E-state index in [4.69, 9.17) is 20.6 Å². The number of aliphatic imine (C=N–C) groups is 1. The van der Waals surface area contributed by atoms with Gasteiger partial charge >= 0.3 is 0 Å². The first-order valence-corrected chi connectivity index (χ1v) is 10.2. The second-order valence-corrected chi connectivity index (χ2v) is 7.43. The van der Waals surface area contributed by atoms with E-state index in [1.807, 2.05) is 30.3 Å². The Morgan fingerprint density at radius 1 is 1.13 bits per heavy atom. The molecular formula is C20H24ClN7O2. The molecule has 1 aliphatic heterocycles. The van der Waals surface area contributed by atoms with Crippen molar-refractivity contribution >= 4 is 17.6 Å². The van der Waals surface area contributed by atoms with Crippen LogP contribution in [0.2, 0.25) is 5.02 Å². The van der Waals surface area contributed by atoms with Crippen LogP contribution in [-0.2, 0) is 13.0 Å². The van der Waals surface area contributed by atoms with Gasteiger partial charge in [-0.15, -0.1) is 0 Å². The summed E-state index contributed by atoms with van der Waals surface area (Å²) in [7, 11) is 1.80. The zero-order valence-electron chi connectivity index (χ0n) is 16.8. The van der Waals surface area contributed by atoms with Crippen LogP contribution in [0.25, 0.3) is 11.4 Å². The summed E-state index contributed by atoms with van der Waals surface area (Å²) in [5.41, 5.74) is 1.84. The Kier molecular flexibility index (Phi) is 6.60. The van der Waals surface area contributed by atoms with Crippen molar-refractivity contribution in [1.29, 1.82) is 0 Å². The average Bonchev–Trinajstić information content (AvgIpc) is 3.45. The lowest BCUT2D eigenvalue weighted by molar-refractivity contribution is 0.169. The first-order valence-electron chi connectivity index (χ1n) is 9.87. The van der Waals surface area contributed by atoms with Gasteiger partial charge in [-0.2, -0.15) is 4.98 Å². The molecule has 3 heterocycles. The molecule has 9 nitrogen and oxygen atoms in total. The quantitative estimate of drug-likeness (QED) is 0.471. The van der Waals surface area contributed by atoms with Crippen LogP contribution in [0.1, 0.15) is 11.6 Å². The summed E-state index contributed by atoms with van der Waals surface area (Å²) in [4.78, 5) is 13.5. The van der Waals surface area contributed by atoms with Crippen molar-refractivity contribution in [2.75, 3.05) is 39.8 Å². The normalized spacial score (nSPS) is 15.5. The number of halogens is 1. The molecule has 0 saturated carbocycles. The highest BCUT2D eigenvalue weighted by molar-refractivity contribution is 6.30. The fraction of sp³-hybridized carbons (Fsp3) is 0.400. The third kappa shape index (κ3) is 5.17. The van der Waals surface area contributed by atoms with Gasteiger partial charge in [-0.05, 0) is 24.3 Å². The summed E-state index contributed by atoms with van der Waals surface area (Å²) in [6, 6.07) is 9.27. The summed E-state index contributed by atoms with van der Waals surface area (Å²) >= 11 is 5.92. The molecule has 0 aliphatic carbocycles. The van der Waals surface area contributed by atoms with E-state index in [0.29, 0.717) is 29.7 Å². The van der Waals surface area contributed by atoms with E-state index in [1.165, 1.54) is 0 Å². The predicted molar refractivity (Wildman–Crippen MR) is 113 cm³/mol. The molecule has 2 aromatic heterocycles. The van der Waals surface area contributed by atoms with Crippen molar-refractivity contribution in [3.05, 3.63) is 53.2 Å². The number of piperazine rings is 1. The molecule has 4 rings (SSSR count). The summed E-state index contributed by atoms with van der Waals surface area (Å²) in [6.45, 7) is 5.17. The SMILES string of the molecule is CN=C(NCCc1nc(-c2ccc(Cl)cc2)no1)N1CCN(Cc2ccon2)CC1. The van der Waals surface area contributed by atoms with Crippen LogP contribution in [0.15, 0.2) is 50.6 Å². The first-order chi connectivity index (χ1) is 14.7. The van der Waals surface area contributed by atoms with Crippen LogP contribution >= 0.6 is 11.6 Å². The molecule has 1 fully saturated rings. The molecule has 0 unspecified atom stereocenters. The minimum atomic E-state index is 0.564. The first kappa shape index (κ1) is 20.4. The molecule has 1 aliphatic rings. The van der Waals surface area contributed by atoms with Gasteiger partial charge in [0, 0.05) is 69.4 Å². The summed E-state index contributed by atoms with van der Waals surface area (Å²) in [5.74, 6) is 2.03. The number of benzene rings is 1. The summed E-state index contributed by atoms with van der Waals surface area (Å²) < 4.78 is 10.3. The minimum Gasteiger partial charge on any atom is -0.364 e. The van der Waals surface area contributed by atoms with Gasteiger partial charge in [0.1, 0.15) is 6.26 Å². The molecule has 0 spiro atoms. The Labute approximate surface area is 179 Å². The van der Waals surface area contributed by atoms with Crippen LogP contribution < -0.4 is 5.32 Å². The number of nitrogens with one attached hydrogen (secondary N) is 1. The maximum absolute atomic E-state index is 5.92. The van der Waals surface area contributed by atoms with Crippen molar-refractivity contribution in [2.45, 2.75) is 13.0 Å². The standard InChI is InChI=1S/C20H24ClN7O2/c1-22-20(28-11-9-27(10-12-28)14-17-7-13-29-25-17)23-8-6-18-24-19(26-30-18)15-2-4-16(21)5-3-15/h2-5,7,13H,6,8-12,14H2,1H3,(H,22,23).